The van der Waals surface area contributed by atoms with Gasteiger partial charge in [-0.2, -0.15) is 17.0 Å². The van der Waals surface area contributed by atoms with Gasteiger partial charge in [-0.05, 0) is 18.2 Å². The van der Waals surface area contributed by atoms with E-state index in [0.717, 1.165) is 18.7 Å². The Morgan fingerprint density at radius 2 is 2.07 bits per heavy atom. The number of anilines is 1. The summed E-state index contributed by atoms with van der Waals surface area (Å²) in [5.74, 6) is 2.38. The van der Waals surface area contributed by atoms with Crippen LogP contribution >= 0.6 is 11.8 Å². The lowest BCUT2D eigenvalue weighted by molar-refractivity contribution is 0.858. The smallest absolute Gasteiger partial charge is 0.0992 e. The number of benzene rings is 1. The summed E-state index contributed by atoms with van der Waals surface area (Å²) in [6, 6.07) is 10.0. The molecule has 0 aliphatic carbocycles. The van der Waals surface area contributed by atoms with E-state index in [0.29, 0.717) is 0 Å². The van der Waals surface area contributed by atoms with Crippen LogP contribution in [0.2, 0.25) is 0 Å². The molecule has 1 aromatic carbocycles. The van der Waals surface area contributed by atoms with Crippen LogP contribution in [-0.2, 0) is 0 Å². The van der Waals surface area contributed by atoms with E-state index in [1.54, 1.807) is 0 Å². The molecular weight excluding hydrogens is 192 g/mol. The lowest BCUT2D eigenvalue weighted by Gasteiger charge is -2.28. The number of hydrogen-bond donors (Lipinski definition) is 0. The Balaban J connectivity index is 2.18. The second-order valence-corrected chi connectivity index (χ2v) is 4.49. The van der Waals surface area contributed by atoms with Crippen LogP contribution in [0.4, 0.5) is 5.69 Å². The quantitative estimate of drug-likeness (QED) is 0.701. The molecule has 0 N–H and O–H groups in total. The van der Waals surface area contributed by atoms with Crippen molar-refractivity contribution in [1.82, 2.24) is 0 Å². The van der Waals surface area contributed by atoms with E-state index in [1.807, 2.05) is 30.0 Å². The normalized spacial score (nSPS) is 16.4. The predicted octanol–water partition coefficient (Wildman–Crippen LogP) is 2.11. The first-order valence-corrected chi connectivity index (χ1v) is 5.88. The van der Waals surface area contributed by atoms with Gasteiger partial charge < -0.3 is 4.90 Å². The summed E-state index contributed by atoms with van der Waals surface area (Å²) in [5.41, 5.74) is 1.94. The maximum atomic E-state index is 8.79. The van der Waals surface area contributed by atoms with Crippen molar-refractivity contribution in [3.63, 3.8) is 0 Å². The SMILES string of the molecule is N#Cc1cccc(N2CCSCC2)c1. The fraction of sp³-hybridized carbons (Fsp3) is 0.364. The average molecular weight is 204 g/mol. The van der Waals surface area contributed by atoms with Gasteiger partial charge in [-0.15, -0.1) is 0 Å². The van der Waals surface area contributed by atoms with Crippen molar-refractivity contribution in [2.24, 2.45) is 0 Å². The molecule has 1 aromatic rings. The van der Waals surface area contributed by atoms with E-state index in [2.05, 4.69) is 17.0 Å². The van der Waals surface area contributed by atoms with Gasteiger partial charge in [0.2, 0.25) is 0 Å². The summed E-state index contributed by atoms with van der Waals surface area (Å²) in [6.45, 7) is 2.19. The van der Waals surface area contributed by atoms with E-state index in [-0.39, 0.29) is 0 Å². The number of hydrogen-bond acceptors (Lipinski definition) is 3. The van der Waals surface area contributed by atoms with Gasteiger partial charge in [-0.1, -0.05) is 6.07 Å². The second-order valence-electron chi connectivity index (χ2n) is 3.26. The fourth-order valence-corrected chi connectivity index (χ4v) is 2.50. The van der Waals surface area contributed by atoms with Crippen LogP contribution in [0, 0.1) is 11.3 Å². The molecule has 14 heavy (non-hydrogen) atoms. The molecule has 1 aliphatic heterocycles. The molecule has 2 rings (SSSR count). The number of nitrogens with zero attached hydrogens (tertiary/aromatic N) is 2. The zero-order valence-electron chi connectivity index (χ0n) is 7.94. The van der Waals surface area contributed by atoms with Crippen LogP contribution in [-0.4, -0.2) is 24.6 Å². The molecule has 0 radical (unpaired) electrons. The lowest BCUT2D eigenvalue weighted by Crippen LogP contribution is -2.32. The first-order valence-electron chi connectivity index (χ1n) is 4.73. The van der Waals surface area contributed by atoms with Crippen molar-refractivity contribution in [2.75, 3.05) is 29.5 Å². The molecule has 1 aliphatic rings. The van der Waals surface area contributed by atoms with Gasteiger partial charge in [-0.3, -0.25) is 0 Å². The minimum absolute atomic E-state index is 0.751. The lowest BCUT2D eigenvalue weighted by atomic mass is 10.2. The van der Waals surface area contributed by atoms with Gasteiger partial charge in [0.15, 0.2) is 0 Å². The third-order valence-electron chi connectivity index (χ3n) is 2.35. The molecule has 3 heteroatoms. The Hall–Kier alpha value is -1.14. The van der Waals surface area contributed by atoms with Gasteiger partial charge >= 0.3 is 0 Å². The topological polar surface area (TPSA) is 27.0 Å². The zero-order valence-corrected chi connectivity index (χ0v) is 8.76. The summed E-state index contributed by atoms with van der Waals surface area (Å²) in [4.78, 5) is 2.34. The third-order valence-corrected chi connectivity index (χ3v) is 3.29. The van der Waals surface area contributed by atoms with Crippen LogP contribution in [0.15, 0.2) is 24.3 Å². The van der Waals surface area contributed by atoms with Crippen LogP contribution in [0.1, 0.15) is 5.56 Å². The molecule has 72 valence electrons. The van der Waals surface area contributed by atoms with Crippen molar-refractivity contribution < 1.29 is 0 Å². The van der Waals surface area contributed by atoms with E-state index >= 15 is 0 Å². The van der Waals surface area contributed by atoms with Crippen LogP contribution in [0.3, 0.4) is 0 Å². The second kappa shape index (κ2) is 4.39. The summed E-state index contributed by atoms with van der Waals surface area (Å²) in [6.07, 6.45) is 0. The first kappa shape index (κ1) is 9.42. The Kier molecular flexibility index (Phi) is 2.95. The van der Waals surface area contributed by atoms with Crippen LogP contribution < -0.4 is 4.90 Å². The van der Waals surface area contributed by atoms with Crippen molar-refractivity contribution in [1.29, 1.82) is 5.26 Å². The number of rotatable bonds is 1. The van der Waals surface area contributed by atoms with E-state index in [4.69, 9.17) is 5.26 Å². The molecule has 0 unspecified atom stereocenters. The molecule has 1 saturated heterocycles. The predicted molar refractivity (Wildman–Crippen MR) is 60.7 cm³/mol. The summed E-state index contributed by atoms with van der Waals surface area (Å²) in [5, 5.41) is 8.79. The molecular formula is C11H12N2S. The highest BCUT2D eigenvalue weighted by Gasteiger charge is 2.10. The number of nitriles is 1. The third kappa shape index (κ3) is 2.02. The highest BCUT2D eigenvalue weighted by molar-refractivity contribution is 7.99. The van der Waals surface area contributed by atoms with Gasteiger partial charge in [-0.25, -0.2) is 0 Å². The molecule has 0 amide bonds. The maximum Gasteiger partial charge on any atom is 0.0992 e. The summed E-state index contributed by atoms with van der Waals surface area (Å²) in [7, 11) is 0. The Morgan fingerprint density at radius 1 is 1.29 bits per heavy atom. The van der Waals surface area contributed by atoms with Crippen molar-refractivity contribution in [3.05, 3.63) is 29.8 Å². The van der Waals surface area contributed by atoms with Gasteiger partial charge in [0.05, 0.1) is 11.6 Å². The molecule has 0 bridgehead atoms. The fourth-order valence-electron chi connectivity index (χ4n) is 1.59. The van der Waals surface area contributed by atoms with Gasteiger partial charge in [0, 0.05) is 30.3 Å². The van der Waals surface area contributed by atoms with E-state index < -0.39 is 0 Å². The van der Waals surface area contributed by atoms with E-state index in [1.165, 1.54) is 17.2 Å². The zero-order chi connectivity index (χ0) is 9.80. The minimum Gasteiger partial charge on any atom is -0.370 e. The van der Waals surface area contributed by atoms with Crippen molar-refractivity contribution in [3.8, 4) is 6.07 Å². The standard InChI is InChI=1S/C11H12N2S/c12-9-10-2-1-3-11(8-10)13-4-6-14-7-5-13/h1-3,8H,4-7H2. The first-order chi connectivity index (χ1) is 6.90. The molecule has 2 nitrogen and oxygen atoms in total. The van der Waals surface area contributed by atoms with Gasteiger partial charge in [0.1, 0.15) is 0 Å². The van der Waals surface area contributed by atoms with Gasteiger partial charge in [0.25, 0.3) is 0 Å². The molecule has 0 aromatic heterocycles. The van der Waals surface area contributed by atoms with Crippen molar-refractivity contribution in [2.45, 2.75) is 0 Å². The minimum atomic E-state index is 0.751. The van der Waals surface area contributed by atoms with E-state index in [9.17, 15) is 0 Å². The molecule has 1 fully saturated rings. The Labute approximate surface area is 88.5 Å². The summed E-state index contributed by atoms with van der Waals surface area (Å²) < 4.78 is 0. The highest BCUT2D eigenvalue weighted by Crippen LogP contribution is 2.19. The summed E-state index contributed by atoms with van der Waals surface area (Å²) >= 11 is 2.00. The van der Waals surface area contributed by atoms with Crippen LogP contribution in [0.5, 0.6) is 0 Å². The monoisotopic (exact) mass is 204 g/mol. The molecule has 0 atom stereocenters. The van der Waals surface area contributed by atoms with Crippen LogP contribution in [0.25, 0.3) is 0 Å². The highest BCUT2D eigenvalue weighted by atomic mass is 32.2. The largest absolute Gasteiger partial charge is 0.370 e. The molecule has 0 saturated carbocycles. The molecule has 0 spiro atoms. The number of thioether (sulfide) groups is 1. The van der Waals surface area contributed by atoms with Crippen molar-refractivity contribution >= 4 is 17.4 Å². The average Bonchev–Trinajstić information content (AvgIpc) is 2.30. The Bertz CT molecular complexity index is 351. The Morgan fingerprint density at radius 3 is 2.79 bits per heavy atom. The maximum absolute atomic E-state index is 8.79. The molecule has 1 heterocycles.